The van der Waals surface area contributed by atoms with Crippen LogP contribution in [0, 0.1) is 18.7 Å². The van der Waals surface area contributed by atoms with Gasteiger partial charge < -0.3 is 5.73 Å². The van der Waals surface area contributed by atoms with Gasteiger partial charge >= 0.3 is 0 Å². The van der Waals surface area contributed by atoms with E-state index in [0.717, 1.165) is 18.4 Å². The van der Waals surface area contributed by atoms with Crippen LogP contribution in [0.15, 0.2) is 18.2 Å². The molecule has 1 aromatic carbocycles. The van der Waals surface area contributed by atoms with Crippen LogP contribution < -0.4 is 5.73 Å². The Morgan fingerprint density at radius 2 is 1.87 bits per heavy atom. The van der Waals surface area contributed by atoms with E-state index in [0.29, 0.717) is 11.5 Å². The molecule has 1 nitrogen and oxygen atoms in total. The largest absolute Gasteiger partial charge is 0.324 e. The topological polar surface area (TPSA) is 26.0 Å². The molecule has 0 saturated carbocycles. The van der Waals surface area contributed by atoms with Crippen molar-refractivity contribution in [1.82, 2.24) is 0 Å². The van der Waals surface area contributed by atoms with Gasteiger partial charge in [-0.2, -0.15) is 0 Å². The maximum absolute atomic E-state index is 13.6. The van der Waals surface area contributed by atoms with Gasteiger partial charge in [-0.3, -0.25) is 0 Å². The average molecular weight is 209 g/mol. The summed E-state index contributed by atoms with van der Waals surface area (Å²) in [5.41, 5.74) is 7.81. The van der Waals surface area contributed by atoms with E-state index in [4.69, 9.17) is 5.73 Å². The van der Waals surface area contributed by atoms with Crippen LogP contribution in [0.25, 0.3) is 0 Å². The standard InChI is InChI=1S/C13H20FN/c1-4-10(5-2)13(15)11-8-9(3)6-7-12(11)14/h6-8,10,13H,4-5,15H2,1-3H3. The van der Waals surface area contributed by atoms with E-state index in [1.807, 2.05) is 13.0 Å². The quantitative estimate of drug-likeness (QED) is 0.806. The number of benzene rings is 1. The Kier molecular flexibility index (Phi) is 4.28. The first kappa shape index (κ1) is 12.2. The van der Waals surface area contributed by atoms with Crippen LogP contribution in [0.3, 0.4) is 0 Å². The number of rotatable bonds is 4. The van der Waals surface area contributed by atoms with E-state index < -0.39 is 0 Å². The van der Waals surface area contributed by atoms with Crippen LogP contribution in [0.1, 0.15) is 43.9 Å². The number of nitrogens with two attached hydrogens (primary N) is 1. The molecule has 1 rings (SSSR count). The zero-order chi connectivity index (χ0) is 11.4. The van der Waals surface area contributed by atoms with Crippen LogP contribution in [0.2, 0.25) is 0 Å². The van der Waals surface area contributed by atoms with Crippen LogP contribution in [-0.2, 0) is 0 Å². The number of halogens is 1. The molecule has 0 heterocycles. The van der Waals surface area contributed by atoms with E-state index in [1.54, 1.807) is 6.07 Å². The summed E-state index contributed by atoms with van der Waals surface area (Å²) in [5.74, 6) is 0.182. The van der Waals surface area contributed by atoms with Crippen molar-refractivity contribution in [2.75, 3.05) is 0 Å². The van der Waals surface area contributed by atoms with Crippen LogP contribution in [0.4, 0.5) is 4.39 Å². The van der Waals surface area contributed by atoms with E-state index in [9.17, 15) is 4.39 Å². The summed E-state index contributed by atoms with van der Waals surface area (Å²) in [7, 11) is 0. The summed E-state index contributed by atoms with van der Waals surface area (Å²) >= 11 is 0. The first-order chi connectivity index (χ1) is 7.10. The Morgan fingerprint density at radius 1 is 1.27 bits per heavy atom. The van der Waals surface area contributed by atoms with Crippen molar-refractivity contribution in [2.24, 2.45) is 11.7 Å². The van der Waals surface area contributed by atoms with Crippen molar-refractivity contribution >= 4 is 0 Å². The van der Waals surface area contributed by atoms with Gasteiger partial charge in [-0.1, -0.05) is 44.4 Å². The van der Waals surface area contributed by atoms with E-state index in [2.05, 4.69) is 13.8 Å². The highest BCUT2D eigenvalue weighted by Gasteiger charge is 2.19. The molecule has 2 N–H and O–H groups in total. The lowest BCUT2D eigenvalue weighted by molar-refractivity contribution is 0.394. The Balaban J connectivity index is 2.98. The lowest BCUT2D eigenvalue weighted by Crippen LogP contribution is -2.21. The molecule has 0 aliphatic heterocycles. The van der Waals surface area contributed by atoms with Gasteiger partial charge in [0.1, 0.15) is 5.82 Å². The van der Waals surface area contributed by atoms with Gasteiger partial charge in [0.15, 0.2) is 0 Å². The molecule has 15 heavy (non-hydrogen) atoms. The van der Waals surface area contributed by atoms with Crippen molar-refractivity contribution in [3.8, 4) is 0 Å². The van der Waals surface area contributed by atoms with Crippen molar-refractivity contribution in [3.63, 3.8) is 0 Å². The summed E-state index contributed by atoms with van der Waals surface area (Å²) in [6.07, 6.45) is 1.98. The molecule has 1 atom stereocenters. The van der Waals surface area contributed by atoms with Gasteiger partial charge in [0.25, 0.3) is 0 Å². The molecular formula is C13H20FN. The van der Waals surface area contributed by atoms with Gasteiger partial charge in [-0.25, -0.2) is 4.39 Å². The minimum atomic E-state index is -0.181. The van der Waals surface area contributed by atoms with E-state index in [1.165, 1.54) is 6.07 Å². The summed E-state index contributed by atoms with van der Waals surface area (Å²) < 4.78 is 13.6. The van der Waals surface area contributed by atoms with Crippen molar-refractivity contribution in [2.45, 2.75) is 39.7 Å². The fourth-order valence-electron chi connectivity index (χ4n) is 1.97. The molecule has 0 spiro atoms. The number of aryl methyl sites for hydroxylation is 1. The summed E-state index contributed by atoms with van der Waals surface area (Å²) in [4.78, 5) is 0. The van der Waals surface area contributed by atoms with Gasteiger partial charge in [-0.15, -0.1) is 0 Å². The summed E-state index contributed by atoms with van der Waals surface area (Å²) in [6.45, 7) is 6.16. The smallest absolute Gasteiger partial charge is 0.127 e. The number of hydrogen-bond acceptors (Lipinski definition) is 1. The molecule has 0 fully saturated rings. The van der Waals surface area contributed by atoms with E-state index in [-0.39, 0.29) is 11.9 Å². The van der Waals surface area contributed by atoms with Crippen molar-refractivity contribution < 1.29 is 4.39 Å². The molecule has 0 aliphatic carbocycles. The average Bonchev–Trinajstić information content (AvgIpc) is 2.23. The molecule has 1 aromatic rings. The molecule has 1 unspecified atom stereocenters. The van der Waals surface area contributed by atoms with Crippen molar-refractivity contribution in [3.05, 3.63) is 35.1 Å². The molecule has 0 amide bonds. The Bertz CT molecular complexity index is 318. The zero-order valence-electron chi connectivity index (χ0n) is 9.76. The molecular weight excluding hydrogens is 189 g/mol. The van der Waals surface area contributed by atoms with Gasteiger partial charge in [-0.05, 0) is 18.9 Å². The van der Waals surface area contributed by atoms with Crippen LogP contribution >= 0.6 is 0 Å². The first-order valence-electron chi connectivity index (χ1n) is 5.61. The third-order valence-electron chi connectivity index (χ3n) is 3.07. The third kappa shape index (κ3) is 2.78. The highest BCUT2D eigenvalue weighted by molar-refractivity contribution is 5.27. The molecule has 84 valence electrons. The maximum atomic E-state index is 13.6. The minimum Gasteiger partial charge on any atom is -0.324 e. The zero-order valence-corrected chi connectivity index (χ0v) is 9.76. The van der Waals surface area contributed by atoms with Gasteiger partial charge in [0.05, 0.1) is 0 Å². The Labute approximate surface area is 91.5 Å². The maximum Gasteiger partial charge on any atom is 0.127 e. The predicted octanol–water partition coefficient (Wildman–Crippen LogP) is 3.57. The lowest BCUT2D eigenvalue weighted by Gasteiger charge is -2.22. The molecule has 0 bridgehead atoms. The van der Waals surface area contributed by atoms with Crippen LogP contribution in [0.5, 0.6) is 0 Å². The highest BCUT2D eigenvalue weighted by Crippen LogP contribution is 2.27. The fourth-order valence-corrected chi connectivity index (χ4v) is 1.97. The normalized spacial score (nSPS) is 13.2. The first-order valence-corrected chi connectivity index (χ1v) is 5.61. The Morgan fingerprint density at radius 3 is 2.40 bits per heavy atom. The van der Waals surface area contributed by atoms with E-state index >= 15 is 0 Å². The van der Waals surface area contributed by atoms with Gasteiger partial charge in [0, 0.05) is 11.6 Å². The number of hydrogen-bond donors (Lipinski definition) is 1. The molecule has 0 aliphatic rings. The monoisotopic (exact) mass is 209 g/mol. The van der Waals surface area contributed by atoms with Gasteiger partial charge in [0.2, 0.25) is 0 Å². The second-order valence-electron chi connectivity index (χ2n) is 4.13. The fraction of sp³-hybridized carbons (Fsp3) is 0.538. The second kappa shape index (κ2) is 5.26. The molecule has 0 aromatic heterocycles. The van der Waals surface area contributed by atoms with Crippen molar-refractivity contribution in [1.29, 1.82) is 0 Å². The van der Waals surface area contributed by atoms with Crippen LogP contribution in [-0.4, -0.2) is 0 Å². The summed E-state index contributed by atoms with van der Waals surface area (Å²) in [5, 5.41) is 0. The minimum absolute atomic E-state index is 0.181. The lowest BCUT2D eigenvalue weighted by atomic mass is 9.89. The Hall–Kier alpha value is -0.890. The summed E-state index contributed by atoms with van der Waals surface area (Å²) in [6, 6.07) is 4.96. The molecule has 0 radical (unpaired) electrons. The highest BCUT2D eigenvalue weighted by atomic mass is 19.1. The second-order valence-corrected chi connectivity index (χ2v) is 4.13. The predicted molar refractivity (Wildman–Crippen MR) is 62.1 cm³/mol. The third-order valence-corrected chi connectivity index (χ3v) is 3.07. The molecule has 0 saturated heterocycles. The SMILES string of the molecule is CCC(CC)C(N)c1cc(C)ccc1F. The molecule has 2 heteroatoms.